The minimum absolute atomic E-state index is 0.497. The van der Waals surface area contributed by atoms with Crippen molar-refractivity contribution in [3.8, 4) is 0 Å². The van der Waals surface area contributed by atoms with Gasteiger partial charge in [-0.1, -0.05) is 48.0 Å². The van der Waals surface area contributed by atoms with E-state index < -0.39 is 0 Å². The van der Waals surface area contributed by atoms with Crippen LogP contribution in [-0.4, -0.2) is 16.4 Å². The number of benzene rings is 1. The standard InChI is InChI=1S/C15H19BrN2/c1-11(2)15(9-16)18-10-12-7-8-17-14-6-4-3-5-13(12)14/h3-8,11,15,18H,9-10H2,1-2H3. The lowest BCUT2D eigenvalue weighted by molar-refractivity contribution is 0.435. The number of hydrogen-bond acceptors (Lipinski definition) is 2. The normalized spacial score (nSPS) is 13.1. The third-order valence-electron chi connectivity index (χ3n) is 3.27. The maximum atomic E-state index is 4.39. The quantitative estimate of drug-likeness (QED) is 0.851. The first-order chi connectivity index (χ1) is 8.72. The number of pyridine rings is 1. The molecule has 0 spiro atoms. The Balaban J connectivity index is 2.17. The van der Waals surface area contributed by atoms with Crippen molar-refractivity contribution in [3.63, 3.8) is 0 Å². The fourth-order valence-electron chi connectivity index (χ4n) is 2.02. The van der Waals surface area contributed by atoms with Crippen molar-refractivity contribution in [2.75, 3.05) is 5.33 Å². The number of alkyl halides is 1. The van der Waals surface area contributed by atoms with E-state index in [0.29, 0.717) is 12.0 Å². The molecular weight excluding hydrogens is 288 g/mol. The van der Waals surface area contributed by atoms with Crippen molar-refractivity contribution in [3.05, 3.63) is 42.1 Å². The van der Waals surface area contributed by atoms with Crippen molar-refractivity contribution in [1.82, 2.24) is 10.3 Å². The molecule has 1 N–H and O–H groups in total. The summed E-state index contributed by atoms with van der Waals surface area (Å²) in [5.74, 6) is 0.623. The van der Waals surface area contributed by atoms with Gasteiger partial charge in [0, 0.05) is 29.5 Å². The van der Waals surface area contributed by atoms with Crippen molar-refractivity contribution in [1.29, 1.82) is 0 Å². The molecule has 0 saturated heterocycles. The predicted octanol–water partition coefficient (Wildman–Crippen LogP) is 3.74. The number of halogens is 1. The van der Waals surface area contributed by atoms with Gasteiger partial charge >= 0.3 is 0 Å². The van der Waals surface area contributed by atoms with Gasteiger partial charge in [-0.3, -0.25) is 4.98 Å². The van der Waals surface area contributed by atoms with Gasteiger partial charge in [0.25, 0.3) is 0 Å². The Morgan fingerprint density at radius 2 is 2.00 bits per heavy atom. The lowest BCUT2D eigenvalue weighted by Gasteiger charge is -2.20. The highest BCUT2D eigenvalue weighted by molar-refractivity contribution is 9.09. The molecule has 0 aliphatic carbocycles. The summed E-state index contributed by atoms with van der Waals surface area (Å²) in [6.07, 6.45) is 1.89. The molecule has 3 heteroatoms. The number of nitrogens with zero attached hydrogens (tertiary/aromatic N) is 1. The molecule has 0 amide bonds. The number of rotatable bonds is 5. The molecule has 0 radical (unpaired) electrons. The Kier molecular flexibility index (Phi) is 4.72. The number of fused-ring (bicyclic) bond motifs is 1. The number of nitrogens with one attached hydrogen (secondary N) is 1. The number of hydrogen-bond donors (Lipinski definition) is 1. The van der Waals surface area contributed by atoms with E-state index in [2.05, 4.69) is 64.3 Å². The van der Waals surface area contributed by atoms with E-state index >= 15 is 0 Å². The third-order valence-corrected chi connectivity index (χ3v) is 3.96. The summed E-state index contributed by atoms with van der Waals surface area (Å²) in [7, 11) is 0. The Bertz CT molecular complexity index is 505. The van der Waals surface area contributed by atoms with E-state index in [0.717, 1.165) is 17.4 Å². The molecule has 2 rings (SSSR count). The van der Waals surface area contributed by atoms with Crippen LogP contribution in [0.4, 0.5) is 0 Å². The van der Waals surface area contributed by atoms with Gasteiger partial charge in [0.1, 0.15) is 0 Å². The minimum atomic E-state index is 0.497. The Hall–Kier alpha value is -0.930. The van der Waals surface area contributed by atoms with Crippen molar-refractivity contribution < 1.29 is 0 Å². The SMILES string of the molecule is CC(C)C(CBr)NCc1ccnc2ccccc12. The van der Waals surface area contributed by atoms with E-state index in [9.17, 15) is 0 Å². The lowest BCUT2D eigenvalue weighted by Crippen LogP contribution is -2.34. The van der Waals surface area contributed by atoms with Crippen LogP contribution in [0.15, 0.2) is 36.5 Å². The van der Waals surface area contributed by atoms with Crippen LogP contribution in [0.3, 0.4) is 0 Å². The van der Waals surface area contributed by atoms with Crippen LogP contribution in [0.2, 0.25) is 0 Å². The van der Waals surface area contributed by atoms with Crippen LogP contribution < -0.4 is 5.32 Å². The molecule has 18 heavy (non-hydrogen) atoms. The summed E-state index contributed by atoms with van der Waals surface area (Å²) in [4.78, 5) is 4.39. The van der Waals surface area contributed by atoms with Gasteiger partial charge in [-0.15, -0.1) is 0 Å². The molecule has 0 fully saturated rings. The van der Waals surface area contributed by atoms with E-state index in [1.54, 1.807) is 0 Å². The highest BCUT2D eigenvalue weighted by Crippen LogP contribution is 2.16. The van der Waals surface area contributed by atoms with Gasteiger partial charge in [0.15, 0.2) is 0 Å². The Labute approximate surface area is 117 Å². The third kappa shape index (κ3) is 3.09. The molecule has 1 aromatic carbocycles. The maximum Gasteiger partial charge on any atom is 0.0705 e. The highest BCUT2D eigenvalue weighted by atomic mass is 79.9. The second-order valence-corrected chi connectivity index (χ2v) is 5.52. The summed E-state index contributed by atoms with van der Waals surface area (Å²) in [6, 6.07) is 10.9. The van der Waals surface area contributed by atoms with E-state index in [1.165, 1.54) is 10.9 Å². The predicted molar refractivity (Wildman–Crippen MR) is 81.0 cm³/mol. The van der Waals surface area contributed by atoms with Crippen molar-refractivity contribution in [2.24, 2.45) is 5.92 Å². The van der Waals surface area contributed by atoms with Gasteiger partial charge in [-0.25, -0.2) is 0 Å². The first-order valence-electron chi connectivity index (χ1n) is 6.34. The molecule has 2 nitrogen and oxygen atoms in total. The molecule has 0 aliphatic rings. The van der Waals surface area contributed by atoms with Crippen LogP contribution in [0.1, 0.15) is 19.4 Å². The van der Waals surface area contributed by atoms with Crippen LogP contribution in [0.5, 0.6) is 0 Å². The minimum Gasteiger partial charge on any atom is -0.309 e. The zero-order valence-electron chi connectivity index (χ0n) is 10.9. The second-order valence-electron chi connectivity index (χ2n) is 4.87. The zero-order valence-corrected chi connectivity index (χ0v) is 12.4. The van der Waals surface area contributed by atoms with Crippen LogP contribution in [0.25, 0.3) is 10.9 Å². The molecule has 1 aromatic heterocycles. The van der Waals surface area contributed by atoms with Crippen LogP contribution >= 0.6 is 15.9 Å². The average molecular weight is 307 g/mol. The number of para-hydroxylation sites is 1. The molecule has 0 aliphatic heterocycles. The topological polar surface area (TPSA) is 24.9 Å². The summed E-state index contributed by atoms with van der Waals surface area (Å²) in [5, 5.41) is 5.82. The van der Waals surface area contributed by atoms with Gasteiger partial charge in [0.05, 0.1) is 5.52 Å². The molecule has 96 valence electrons. The van der Waals surface area contributed by atoms with Crippen LogP contribution in [-0.2, 0) is 6.54 Å². The second kappa shape index (κ2) is 6.30. The van der Waals surface area contributed by atoms with Gasteiger partial charge < -0.3 is 5.32 Å². The summed E-state index contributed by atoms with van der Waals surface area (Å²) < 4.78 is 0. The fraction of sp³-hybridized carbons (Fsp3) is 0.400. The van der Waals surface area contributed by atoms with Gasteiger partial charge in [-0.05, 0) is 23.6 Å². The Morgan fingerprint density at radius 3 is 2.72 bits per heavy atom. The average Bonchev–Trinajstić information content (AvgIpc) is 2.39. The maximum absolute atomic E-state index is 4.39. The first-order valence-corrected chi connectivity index (χ1v) is 7.46. The van der Waals surface area contributed by atoms with Gasteiger partial charge in [0.2, 0.25) is 0 Å². The molecule has 1 unspecified atom stereocenters. The first kappa shape index (κ1) is 13.5. The molecule has 0 bridgehead atoms. The van der Waals surface area contributed by atoms with Crippen LogP contribution in [0, 0.1) is 5.92 Å². The van der Waals surface area contributed by atoms with E-state index in [4.69, 9.17) is 0 Å². The molecule has 0 saturated carbocycles. The summed E-state index contributed by atoms with van der Waals surface area (Å²) in [5.41, 5.74) is 2.38. The molecular formula is C15H19BrN2. The largest absolute Gasteiger partial charge is 0.309 e. The zero-order chi connectivity index (χ0) is 13.0. The molecule has 1 atom stereocenters. The Morgan fingerprint density at radius 1 is 1.22 bits per heavy atom. The highest BCUT2D eigenvalue weighted by Gasteiger charge is 2.11. The van der Waals surface area contributed by atoms with Gasteiger partial charge in [-0.2, -0.15) is 0 Å². The monoisotopic (exact) mass is 306 g/mol. The fourth-order valence-corrected chi connectivity index (χ4v) is 3.00. The number of aromatic nitrogens is 1. The smallest absolute Gasteiger partial charge is 0.0705 e. The lowest BCUT2D eigenvalue weighted by atomic mass is 10.1. The van der Waals surface area contributed by atoms with E-state index in [-0.39, 0.29) is 0 Å². The van der Waals surface area contributed by atoms with E-state index in [1.807, 2.05) is 12.3 Å². The molecule has 1 heterocycles. The van der Waals surface area contributed by atoms with Crippen molar-refractivity contribution in [2.45, 2.75) is 26.4 Å². The molecule has 2 aromatic rings. The summed E-state index contributed by atoms with van der Waals surface area (Å²) in [6.45, 7) is 5.37. The summed E-state index contributed by atoms with van der Waals surface area (Å²) >= 11 is 3.56. The van der Waals surface area contributed by atoms with Crippen molar-refractivity contribution >= 4 is 26.8 Å².